The van der Waals surface area contributed by atoms with Gasteiger partial charge < -0.3 is 15.0 Å². The molecule has 2 aromatic carbocycles. The Morgan fingerprint density at radius 1 is 1.07 bits per heavy atom. The van der Waals surface area contributed by atoms with Gasteiger partial charge >= 0.3 is 6.09 Å². The fourth-order valence-electron chi connectivity index (χ4n) is 4.23. The van der Waals surface area contributed by atoms with E-state index in [0.29, 0.717) is 0 Å². The van der Waals surface area contributed by atoms with Crippen LogP contribution in [-0.4, -0.2) is 18.0 Å². The Morgan fingerprint density at radius 3 is 2.36 bits per heavy atom. The van der Waals surface area contributed by atoms with E-state index in [0.717, 1.165) is 16.8 Å². The molecule has 0 spiro atoms. The number of nitrogens with zero attached hydrogens (tertiary/aromatic N) is 1. The van der Waals surface area contributed by atoms with E-state index in [1.54, 1.807) is 6.92 Å². The van der Waals surface area contributed by atoms with Gasteiger partial charge in [-0.2, -0.15) is 0 Å². The molecular weight excluding hydrogens is 352 g/mol. The van der Waals surface area contributed by atoms with Gasteiger partial charge in [0.2, 0.25) is 5.91 Å². The number of benzene rings is 2. The van der Waals surface area contributed by atoms with Crippen molar-refractivity contribution in [2.24, 2.45) is 11.8 Å². The van der Waals surface area contributed by atoms with E-state index in [2.05, 4.69) is 26.1 Å². The first-order valence-corrected chi connectivity index (χ1v) is 9.76. The van der Waals surface area contributed by atoms with E-state index in [-0.39, 0.29) is 36.4 Å². The summed E-state index contributed by atoms with van der Waals surface area (Å²) in [6, 6.07) is 17.2. The fourth-order valence-corrected chi connectivity index (χ4v) is 4.23. The highest BCUT2D eigenvalue weighted by Crippen LogP contribution is 2.43. The predicted molar refractivity (Wildman–Crippen MR) is 110 cm³/mol. The van der Waals surface area contributed by atoms with Crippen molar-refractivity contribution in [3.63, 3.8) is 0 Å². The van der Waals surface area contributed by atoms with Crippen molar-refractivity contribution in [1.82, 2.24) is 5.32 Å². The average molecular weight is 380 g/mol. The summed E-state index contributed by atoms with van der Waals surface area (Å²) in [6.07, 6.45) is -0.450. The van der Waals surface area contributed by atoms with E-state index in [1.165, 1.54) is 0 Å². The third-order valence-corrected chi connectivity index (χ3v) is 5.40. The van der Waals surface area contributed by atoms with Crippen molar-refractivity contribution < 1.29 is 14.3 Å². The second-order valence-corrected chi connectivity index (χ2v) is 7.73. The minimum Gasteiger partial charge on any atom is -0.445 e. The highest BCUT2D eigenvalue weighted by molar-refractivity contribution is 5.94. The van der Waals surface area contributed by atoms with Crippen molar-refractivity contribution >= 4 is 17.7 Å². The van der Waals surface area contributed by atoms with Crippen LogP contribution in [0.2, 0.25) is 0 Å². The third kappa shape index (κ3) is 4.03. The van der Waals surface area contributed by atoms with Gasteiger partial charge in [-0.25, -0.2) is 4.79 Å². The summed E-state index contributed by atoms with van der Waals surface area (Å²) in [7, 11) is 0. The van der Waals surface area contributed by atoms with Crippen molar-refractivity contribution in [3.8, 4) is 0 Å². The average Bonchev–Trinajstić information content (AvgIpc) is 2.68. The van der Waals surface area contributed by atoms with Gasteiger partial charge in [0.1, 0.15) is 6.61 Å². The van der Waals surface area contributed by atoms with E-state index in [4.69, 9.17) is 4.74 Å². The normalized spacial score (nSPS) is 21.2. The van der Waals surface area contributed by atoms with Gasteiger partial charge in [0.25, 0.3) is 0 Å². The Morgan fingerprint density at radius 2 is 1.71 bits per heavy atom. The van der Waals surface area contributed by atoms with Gasteiger partial charge in [-0.3, -0.25) is 4.79 Å². The molecule has 0 aromatic heterocycles. The molecule has 3 rings (SSSR count). The van der Waals surface area contributed by atoms with Crippen LogP contribution in [0.5, 0.6) is 0 Å². The molecule has 148 valence electrons. The summed E-state index contributed by atoms with van der Waals surface area (Å²) in [5.74, 6) is 0.308. The lowest BCUT2D eigenvalue weighted by Crippen LogP contribution is -2.54. The topological polar surface area (TPSA) is 58.6 Å². The standard InChI is InChI=1S/C23H28N2O3/c1-15(2)22-16(3)21(19-12-8-9-13-20(19)25(22)17(4)26)24-23(27)28-14-18-10-6-5-7-11-18/h5-13,15-16,21-22H,14H2,1-4H3,(H,24,27)/t16-,21-,22?/m1/s1. The van der Waals surface area contributed by atoms with Crippen LogP contribution in [0.25, 0.3) is 0 Å². The van der Waals surface area contributed by atoms with Crippen LogP contribution in [-0.2, 0) is 16.1 Å². The molecule has 1 aliphatic rings. The van der Waals surface area contributed by atoms with E-state index >= 15 is 0 Å². The van der Waals surface area contributed by atoms with Crippen LogP contribution in [0.1, 0.15) is 44.9 Å². The van der Waals surface area contributed by atoms with Crippen molar-refractivity contribution in [2.75, 3.05) is 4.90 Å². The first kappa shape index (κ1) is 19.9. The molecule has 1 unspecified atom stereocenters. The molecule has 0 bridgehead atoms. The number of carbonyl (C=O) groups is 2. The Hall–Kier alpha value is -2.82. The van der Waals surface area contributed by atoms with Gasteiger partial charge in [0, 0.05) is 24.6 Å². The molecule has 0 aliphatic carbocycles. The second kappa shape index (κ2) is 8.46. The maximum absolute atomic E-state index is 12.5. The Labute approximate surface area is 166 Å². The van der Waals surface area contributed by atoms with Gasteiger partial charge in [-0.05, 0) is 23.1 Å². The van der Waals surface area contributed by atoms with E-state index < -0.39 is 6.09 Å². The lowest BCUT2D eigenvalue weighted by molar-refractivity contribution is -0.117. The smallest absolute Gasteiger partial charge is 0.407 e. The van der Waals surface area contributed by atoms with Gasteiger partial charge in [0.05, 0.1) is 6.04 Å². The lowest BCUT2D eigenvalue weighted by Gasteiger charge is -2.46. The number of carbonyl (C=O) groups excluding carboxylic acids is 2. The van der Waals surface area contributed by atoms with Crippen LogP contribution in [0.15, 0.2) is 54.6 Å². The number of alkyl carbamates (subject to hydrolysis) is 1. The molecule has 5 heteroatoms. The zero-order valence-electron chi connectivity index (χ0n) is 16.9. The van der Waals surface area contributed by atoms with Gasteiger partial charge in [-0.1, -0.05) is 69.3 Å². The number of ether oxygens (including phenoxy) is 1. The van der Waals surface area contributed by atoms with Crippen molar-refractivity contribution in [1.29, 1.82) is 0 Å². The highest BCUT2D eigenvalue weighted by atomic mass is 16.5. The third-order valence-electron chi connectivity index (χ3n) is 5.40. The summed E-state index contributed by atoms with van der Waals surface area (Å²) < 4.78 is 5.43. The maximum atomic E-state index is 12.5. The zero-order chi connectivity index (χ0) is 20.3. The molecule has 3 atom stereocenters. The molecule has 0 fully saturated rings. The van der Waals surface area contributed by atoms with Gasteiger partial charge in [-0.15, -0.1) is 0 Å². The van der Waals surface area contributed by atoms with Gasteiger partial charge in [0.15, 0.2) is 0 Å². The minimum absolute atomic E-state index is 0.00757. The summed E-state index contributed by atoms with van der Waals surface area (Å²) in [5.41, 5.74) is 2.75. The van der Waals surface area contributed by atoms with Crippen molar-refractivity contribution in [2.45, 2.75) is 46.4 Å². The second-order valence-electron chi connectivity index (χ2n) is 7.73. The number of nitrogens with one attached hydrogen (secondary N) is 1. The molecule has 1 aliphatic heterocycles. The first-order chi connectivity index (χ1) is 13.4. The van der Waals surface area contributed by atoms with Crippen LogP contribution in [0.3, 0.4) is 0 Å². The molecule has 2 aromatic rings. The molecule has 1 N–H and O–H groups in total. The fraction of sp³-hybridized carbons (Fsp3) is 0.391. The Kier molecular flexibility index (Phi) is 6.02. The quantitative estimate of drug-likeness (QED) is 0.838. The predicted octanol–water partition coefficient (Wildman–Crippen LogP) is 4.68. The molecule has 2 amide bonds. The summed E-state index contributed by atoms with van der Waals surface area (Å²) in [5, 5.41) is 3.04. The number of para-hydroxylation sites is 1. The molecule has 0 radical (unpaired) electrons. The summed E-state index contributed by atoms with van der Waals surface area (Å²) >= 11 is 0. The molecule has 28 heavy (non-hydrogen) atoms. The number of anilines is 1. The summed E-state index contributed by atoms with van der Waals surface area (Å²) in [4.78, 5) is 26.8. The lowest BCUT2D eigenvalue weighted by atomic mass is 9.77. The number of hydrogen-bond acceptors (Lipinski definition) is 3. The molecule has 1 heterocycles. The summed E-state index contributed by atoms with van der Waals surface area (Å²) in [6.45, 7) is 8.12. The zero-order valence-corrected chi connectivity index (χ0v) is 16.9. The Bertz CT molecular complexity index is 835. The SMILES string of the molecule is CC(=O)N1c2ccccc2[C@H](NC(=O)OCc2ccccc2)[C@@H](C)C1C(C)C. The molecular formula is C23H28N2O3. The van der Waals surface area contributed by atoms with E-state index in [9.17, 15) is 9.59 Å². The monoisotopic (exact) mass is 380 g/mol. The number of amides is 2. The van der Waals surface area contributed by atoms with E-state index in [1.807, 2.05) is 59.5 Å². The minimum atomic E-state index is -0.450. The van der Waals surface area contributed by atoms with Crippen LogP contribution in [0.4, 0.5) is 10.5 Å². The highest BCUT2D eigenvalue weighted by Gasteiger charge is 2.42. The number of hydrogen-bond donors (Lipinski definition) is 1. The first-order valence-electron chi connectivity index (χ1n) is 9.76. The molecule has 0 saturated heterocycles. The maximum Gasteiger partial charge on any atom is 0.407 e. The largest absolute Gasteiger partial charge is 0.445 e. The number of fused-ring (bicyclic) bond motifs is 1. The number of rotatable bonds is 4. The van der Waals surface area contributed by atoms with Crippen molar-refractivity contribution in [3.05, 3.63) is 65.7 Å². The van der Waals surface area contributed by atoms with Crippen LogP contribution in [0, 0.1) is 11.8 Å². The van der Waals surface area contributed by atoms with Crippen LogP contribution >= 0.6 is 0 Å². The molecule has 5 nitrogen and oxygen atoms in total. The van der Waals surface area contributed by atoms with Crippen LogP contribution < -0.4 is 10.2 Å². The molecule has 0 saturated carbocycles. The Balaban J connectivity index is 1.83.